The van der Waals surface area contributed by atoms with Crippen LogP contribution >= 0.6 is 0 Å². The van der Waals surface area contributed by atoms with Crippen molar-refractivity contribution < 1.29 is 13.9 Å². The predicted molar refractivity (Wildman–Crippen MR) is 135 cm³/mol. The summed E-state index contributed by atoms with van der Waals surface area (Å²) in [6, 6.07) is 20.8. The molecule has 178 valence electrons. The number of ether oxygens (including phenoxy) is 1. The Kier molecular flexibility index (Phi) is 5.51. The molecule has 2 heterocycles. The Balaban J connectivity index is 1.32. The van der Waals surface area contributed by atoms with Crippen LogP contribution < -0.4 is 4.74 Å². The Morgan fingerprint density at radius 3 is 2.34 bits per heavy atom. The van der Waals surface area contributed by atoms with E-state index in [1.54, 1.807) is 19.2 Å². The van der Waals surface area contributed by atoms with Crippen molar-refractivity contribution >= 4 is 16.9 Å². The minimum atomic E-state index is -0.237. The first-order valence-corrected chi connectivity index (χ1v) is 12.3. The monoisotopic (exact) mass is 469 g/mol. The summed E-state index contributed by atoms with van der Waals surface area (Å²) in [5, 5.41) is 0. The van der Waals surface area contributed by atoms with Crippen LogP contribution in [0.4, 0.5) is 4.39 Å². The number of halogens is 1. The maximum Gasteiger partial charge on any atom is 0.225 e. The third-order valence-corrected chi connectivity index (χ3v) is 7.24. The fraction of sp³-hybridized carbons (Fsp3) is 0.310. The molecule has 0 unspecified atom stereocenters. The molecule has 1 aromatic heterocycles. The molecule has 1 amide bonds. The van der Waals surface area contributed by atoms with Gasteiger partial charge in [0.1, 0.15) is 17.4 Å². The lowest BCUT2D eigenvalue weighted by molar-refractivity contribution is -0.131. The fourth-order valence-electron chi connectivity index (χ4n) is 5.12. The van der Waals surface area contributed by atoms with Crippen LogP contribution in [0.15, 0.2) is 66.7 Å². The molecule has 6 rings (SSSR count). The van der Waals surface area contributed by atoms with E-state index >= 15 is 0 Å². The summed E-state index contributed by atoms with van der Waals surface area (Å²) in [4.78, 5) is 19.6. The van der Waals surface area contributed by atoms with Gasteiger partial charge in [-0.3, -0.25) is 4.79 Å². The lowest BCUT2D eigenvalue weighted by atomic mass is 10.0. The molecule has 0 spiro atoms. The molecule has 1 aliphatic carbocycles. The van der Waals surface area contributed by atoms with Crippen molar-refractivity contribution in [1.29, 1.82) is 0 Å². The van der Waals surface area contributed by atoms with Gasteiger partial charge >= 0.3 is 0 Å². The first-order valence-electron chi connectivity index (χ1n) is 12.3. The molecule has 5 nitrogen and oxygen atoms in total. The maximum absolute atomic E-state index is 13.3. The predicted octanol–water partition coefficient (Wildman–Crippen LogP) is 5.78. The largest absolute Gasteiger partial charge is 0.497 e. The molecule has 4 aromatic rings. The van der Waals surface area contributed by atoms with E-state index in [0.29, 0.717) is 11.8 Å². The summed E-state index contributed by atoms with van der Waals surface area (Å²) in [6.07, 6.45) is 3.11. The second kappa shape index (κ2) is 8.84. The van der Waals surface area contributed by atoms with Crippen LogP contribution in [0.25, 0.3) is 33.5 Å². The van der Waals surface area contributed by atoms with E-state index in [-0.39, 0.29) is 11.7 Å². The number of aromatic nitrogens is 2. The van der Waals surface area contributed by atoms with Crippen molar-refractivity contribution in [3.63, 3.8) is 0 Å². The number of carbonyl (C=O) groups is 1. The van der Waals surface area contributed by atoms with E-state index in [9.17, 15) is 9.18 Å². The van der Waals surface area contributed by atoms with Gasteiger partial charge in [-0.25, -0.2) is 9.37 Å². The summed E-state index contributed by atoms with van der Waals surface area (Å²) in [7, 11) is 1.66. The summed E-state index contributed by atoms with van der Waals surface area (Å²) in [6.45, 7) is 2.47. The van der Waals surface area contributed by atoms with Gasteiger partial charge in [-0.2, -0.15) is 0 Å². The molecule has 1 aliphatic heterocycles. The number of likely N-dealkylation sites (tertiary alicyclic amines) is 1. The molecule has 35 heavy (non-hydrogen) atoms. The van der Waals surface area contributed by atoms with Gasteiger partial charge in [0.05, 0.1) is 18.1 Å². The van der Waals surface area contributed by atoms with Crippen molar-refractivity contribution in [3.05, 3.63) is 72.5 Å². The van der Waals surface area contributed by atoms with Crippen LogP contribution in [0.5, 0.6) is 5.75 Å². The Morgan fingerprint density at radius 2 is 1.66 bits per heavy atom. The molecule has 2 fully saturated rings. The van der Waals surface area contributed by atoms with E-state index in [4.69, 9.17) is 9.72 Å². The molecular weight excluding hydrogens is 441 g/mol. The maximum atomic E-state index is 13.3. The number of benzene rings is 3. The number of hydrogen-bond donors (Lipinski definition) is 0. The number of methoxy groups -OCH3 is 1. The Labute approximate surface area is 204 Å². The second-order valence-corrected chi connectivity index (χ2v) is 9.70. The normalized spacial score (nSPS) is 17.8. The number of imidazole rings is 1. The first kappa shape index (κ1) is 21.8. The number of hydrogen-bond acceptors (Lipinski definition) is 3. The molecular formula is C29H28FN3O2. The third kappa shape index (κ3) is 4.29. The van der Waals surface area contributed by atoms with Crippen LogP contribution in [0, 0.1) is 17.7 Å². The van der Waals surface area contributed by atoms with Gasteiger partial charge in [-0.15, -0.1) is 0 Å². The summed E-state index contributed by atoms with van der Waals surface area (Å²) in [5.41, 5.74) is 4.99. The van der Waals surface area contributed by atoms with E-state index in [1.165, 1.54) is 12.1 Å². The van der Waals surface area contributed by atoms with Gasteiger partial charge in [-0.05, 0) is 60.6 Å². The lowest BCUT2D eigenvalue weighted by Crippen LogP contribution is -2.30. The van der Waals surface area contributed by atoms with Gasteiger partial charge in [0.15, 0.2) is 0 Å². The highest BCUT2D eigenvalue weighted by Gasteiger charge is 2.36. The minimum Gasteiger partial charge on any atom is -0.497 e. The van der Waals surface area contributed by atoms with E-state index < -0.39 is 0 Å². The highest BCUT2D eigenvalue weighted by atomic mass is 19.1. The second-order valence-electron chi connectivity index (χ2n) is 9.70. The standard InChI is InChI=1S/C29H28FN3O2/c1-35-25-12-13-27-26(16-25)31-28(22-4-2-20(3-5-22)21-8-10-24(30)11-9-21)33(27)18-19-14-15-32(17-19)29(34)23-6-7-23/h2-5,8-13,16,19,23H,6-7,14-15,17-18H2,1H3/t19-/m1/s1. The SMILES string of the molecule is COc1ccc2c(c1)nc(-c1ccc(-c3ccc(F)cc3)cc1)n2C[C@@H]1CCN(C(=O)C2CC2)C1. The molecule has 0 N–H and O–H groups in total. The zero-order valence-electron chi connectivity index (χ0n) is 19.8. The average molecular weight is 470 g/mol. The quantitative estimate of drug-likeness (QED) is 0.360. The van der Waals surface area contributed by atoms with Gasteiger partial charge in [0.2, 0.25) is 5.91 Å². The van der Waals surface area contributed by atoms with Crippen LogP contribution in [-0.2, 0) is 11.3 Å². The highest BCUT2D eigenvalue weighted by molar-refractivity contribution is 5.83. The van der Waals surface area contributed by atoms with E-state index in [2.05, 4.69) is 39.8 Å². The first-order chi connectivity index (χ1) is 17.1. The topological polar surface area (TPSA) is 47.4 Å². The van der Waals surface area contributed by atoms with Crippen molar-refractivity contribution in [2.24, 2.45) is 11.8 Å². The minimum absolute atomic E-state index is 0.237. The van der Waals surface area contributed by atoms with Gasteiger partial charge in [0.25, 0.3) is 0 Å². The molecule has 0 radical (unpaired) electrons. The Bertz CT molecular complexity index is 1370. The zero-order chi connectivity index (χ0) is 23.9. The average Bonchev–Trinajstić information content (AvgIpc) is 3.54. The molecule has 0 bridgehead atoms. The zero-order valence-corrected chi connectivity index (χ0v) is 19.8. The smallest absolute Gasteiger partial charge is 0.225 e. The van der Waals surface area contributed by atoms with Crippen molar-refractivity contribution in [2.45, 2.75) is 25.8 Å². The number of nitrogens with zero attached hydrogens (tertiary/aromatic N) is 3. The molecule has 1 saturated carbocycles. The molecule has 2 aliphatic rings. The fourth-order valence-corrected chi connectivity index (χ4v) is 5.12. The third-order valence-electron chi connectivity index (χ3n) is 7.24. The van der Waals surface area contributed by atoms with Gasteiger partial charge in [0, 0.05) is 37.2 Å². The molecule has 1 saturated heterocycles. The Hall–Kier alpha value is -3.67. The van der Waals surface area contributed by atoms with Crippen LogP contribution in [0.1, 0.15) is 19.3 Å². The summed E-state index contributed by atoms with van der Waals surface area (Å²) < 4.78 is 21.0. The lowest BCUT2D eigenvalue weighted by Gasteiger charge is -2.18. The van der Waals surface area contributed by atoms with Crippen LogP contribution in [0.2, 0.25) is 0 Å². The highest BCUT2D eigenvalue weighted by Crippen LogP contribution is 2.35. The number of rotatable bonds is 6. The summed E-state index contributed by atoms with van der Waals surface area (Å²) >= 11 is 0. The Morgan fingerprint density at radius 1 is 0.971 bits per heavy atom. The van der Waals surface area contributed by atoms with Crippen LogP contribution in [0.3, 0.4) is 0 Å². The number of carbonyl (C=O) groups excluding carboxylic acids is 1. The van der Waals surface area contributed by atoms with Crippen molar-refractivity contribution in [2.75, 3.05) is 20.2 Å². The van der Waals surface area contributed by atoms with Crippen molar-refractivity contribution in [3.8, 4) is 28.3 Å². The molecule has 6 heteroatoms. The number of amides is 1. The van der Waals surface area contributed by atoms with Gasteiger partial charge < -0.3 is 14.2 Å². The molecule has 1 atom stereocenters. The number of fused-ring (bicyclic) bond motifs is 1. The van der Waals surface area contributed by atoms with E-state index in [1.807, 2.05) is 12.1 Å². The van der Waals surface area contributed by atoms with Gasteiger partial charge in [-0.1, -0.05) is 36.4 Å². The van der Waals surface area contributed by atoms with Crippen LogP contribution in [-0.4, -0.2) is 40.6 Å². The molecule has 3 aromatic carbocycles. The van der Waals surface area contributed by atoms with Crippen molar-refractivity contribution in [1.82, 2.24) is 14.5 Å². The van der Waals surface area contributed by atoms with E-state index in [0.717, 1.165) is 78.2 Å². The summed E-state index contributed by atoms with van der Waals surface area (Å²) in [5.74, 6) is 2.45.